The number of sulfonamides is 1. The molecule has 1 heterocycles. The second kappa shape index (κ2) is 5.42. The zero-order chi connectivity index (χ0) is 12.2. The van der Waals surface area contributed by atoms with Gasteiger partial charge in [-0.05, 0) is 20.9 Å². The summed E-state index contributed by atoms with van der Waals surface area (Å²) < 4.78 is 27.6. The SMILES string of the molecule is CNCCn1cc(S(=O)(=O)NC(C)C)cn1. The van der Waals surface area contributed by atoms with E-state index in [1.807, 2.05) is 7.05 Å². The molecule has 0 spiro atoms. The predicted molar refractivity (Wildman–Crippen MR) is 61.6 cm³/mol. The first kappa shape index (κ1) is 13.1. The molecule has 1 aromatic heterocycles. The zero-order valence-electron chi connectivity index (χ0n) is 9.77. The van der Waals surface area contributed by atoms with Gasteiger partial charge in [0.15, 0.2) is 0 Å². The van der Waals surface area contributed by atoms with Crippen LogP contribution in [0.25, 0.3) is 0 Å². The van der Waals surface area contributed by atoms with E-state index in [0.717, 1.165) is 6.54 Å². The summed E-state index contributed by atoms with van der Waals surface area (Å²) in [5.41, 5.74) is 0. The van der Waals surface area contributed by atoms with Crippen LogP contribution in [0.5, 0.6) is 0 Å². The van der Waals surface area contributed by atoms with E-state index in [1.54, 1.807) is 18.5 Å². The minimum absolute atomic E-state index is 0.120. The lowest BCUT2D eigenvalue weighted by molar-refractivity contribution is 0.567. The van der Waals surface area contributed by atoms with E-state index < -0.39 is 10.0 Å². The molecular weight excluding hydrogens is 228 g/mol. The molecule has 1 aromatic rings. The van der Waals surface area contributed by atoms with Crippen molar-refractivity contribution in [3.05, 3.63) is 12.4 Å². The van der Waals surface area contributed by atoms with E-state index in [4.69, 9.17) is 0 Å². The first-order chi connectivity index (χ1) is 7.45. The Balaban J connectivity index is 2.77. The van der Waals surface area contributed by atoms with Crippen molar-refractivity contribution in [2.45, 2.75) is 31.3 Å². The highest BCUT2D eigenvalue weighted by atomic mass is 32.2. The monoisotopic (exact) mass is 246 g/mol. The molecule has 0 radical (unpaired) electrons. The highest BCUT2D eigenvalue weighted by Gasteiger charge is 2.17. The molecule has 0 saturated carbocycles. The number of hydrogen-bond donors (Lipinski definition) is 2. The third kappa shape index (κ3) is 3.58. The third-order valence-electron chi connectivity index (χ3n) is 1.90. The third-order valence-corrected chi connectivity index (χ3v) is 3.51. The summed E-state index contributed by atoms with van der Waals surface area (Å²) in [5.74, 6) is 0. The molecule has 6 nitrogen and oxygen atoms in total. The van der Waals surface area contributed by atoms with Gasteiger partial charge in [0.1, 0.15) is 4.90 Å². The molecule has 2 N–H and O–H groups in total. The normalized spacial score (nSPS) is 12.2. The van der Waals surface area contributed by atoms with Gasteiger partial charge in [0, 0.05) is 18.8 Å². The molecule has 0 aliphatic heterocycles. The Hall–Kier alpha value is -0.920. The molecule has 7 heteroatoms. The molecule has 0 aliphatic rings. The van der Waals surface area contributed by atoms with E-state index in [1.165, 1.54) is 12.4 Å². The molecule has 0 atom stereocenters. The van der Waals surface area contributed by atoms with Crippen LogP contribution in [0.1, 0.15) is 13.8 Å². The maximum absolute atomic E-state index is 11.7. The molecule has 0 fully saturated rings. The van der Waals surface area contributed by atoms with Gasteiger partial charge in [0.05, 0.1) is 12.7 Å². The average Bonchev–Trinajstić information content (AvgIpc) is 2.61. The summed E-state index contributed by atoms with van der Waals surface area (Å²) in [5, 5.41) is 6.96. The van der Waals surface area contributed by atoms with E-state index in [-0.39, 0.29) is 10.9 Å². The van der Waals surface area contributed by atoms with Crippen molar-refractivity contribution in [3.8, 4) is 0 Å². The number of likely N-dealkylation sites (N-methyl/N-ethyl adjacent to an activating group) is 1. The maximum atomic E-state index is 11.7. The van der Waals surface area contributed by atoms with Gasteiger partial charge >= 0.3 is 0 Å². The quantitative estimate of drug-likeness (QED) is 0.728. The van der Waals surface area contributed by atoms with Crippen LogP contribution in [-0.4, -0.2) is 37.8 Å². The number of aromatic nitrogens is 2. The van der Waals surface area contributed by atoms with Gasteiger partial charge in [0.2, 0.25) is 10.0 Å². The Labute approximate surface area is 96.1 Å². The Morgan fingerprint density at radius 3 is 2.75 bits per heavy atom. The van der Waals surface area contributed by atoms with Gasteiger partial charge in [-0.1, -0.05) is 0 Å². The van der Waals surface area contributed by atoms with Crippen LogP contribution in [0.4, 0.5) is 0 Å². The maximum Gasteiger partial charge on any atom is 0.243 e. The van der Waals surface area contributed by atoms with Crippen LogP contribution >= 0.6 is 0 Å². The van der Waals surface area contributed by atoms with Crippen molar-refractivity contribution in [1.29, 1.82) is 0 Å². The molecule has 16 heavy (non-hydrogen) atoms. The minimum atomic E-state index is -3.42. The van der Waals surface area contributed by atoms with E-state index >= 15 is 0 Å². The van der Waals surface area contributed by atoms with Crippen LogP contribution in [0.2, 0.25) is 0 Å². The number of rotatable bonds is 6. The zero-order valence-corrected chi connectivity index (χ0v) is 10.6. The van der Waals surface area contributed by atoms with Crippen molar-refractivity contribution in [2.75, 3.05) is 13.6 Å². The summed E-state index contributed by atoms with van der Waals surface area (Å²) in [6, 6.07) is -0.120. The molecule has 0 bridgehead atoms. The highest BCUT2D eigenvalue weighted by Crippen LogP contribution is 2.07. The smallest absolute Gasteiger partial charge is 0.243 e. The first-order valence-corrected chi connectivity index (χ1v) is 6.63. The van der Waals surface area contributed by atoms with Gasteiger partial charge in [-0.2, -0.15) is 5.10 Å². The van der Waals surface area contributed by atoms with Crippen molar-refractivity contribution < 1.29 is 8.42 Å². The molecule has 0 saturated heterocycles. The molecule has 0 amide bonds. The lowest BCUT2D eigenvalue weighted by atomic mass is 10.4. The Kier molecular flexibility index (Phi) is 4.45. The molecular formula is C9H18N4O2S. The predicted octanol–water partition coefficient (Wildman–Crippen LogP) is -0.211. The largest absolute Gasteiger partial charge is 0.318 e. The van der Waals surface area contributed by atoms with Crippen LogP contribution in [0, 0.1) is 0 Å². The van der Waals surface area contributed by atoms with Crippen LogP contribution in [0.3, 0.4) is 0 Å². The van der Waals surface area contributed by atoms with Gasteiger partial charge in [-0.3, -0.25) is 4.68 Å². The van der Waals surface area contributed by atoms with Crippen LogP contribution in [0.15, 0.2) is 17.3 Å². The van der Waals surface area contributed by atoms with E-state index in [0.29, 0.717) is 6.54 Å². The summed E-state index contributed by atoms with van der Waals surface area (Å²) in [6.45, 7) is 4.96. The fraction of sp³-hybridized carbons (Fsp3) is 0.667. The highest BCUT2D eigenvalue weighted by molar-refractivity contribution is 7.89. The van der Waals surface area contributed by atoms with Crippen LogP contribution in [-0.2, 0) is 16.6 Å². The number of nitrogens with one attached hydrogen (secondary N) is 2. The first-order valence-electron chi connectivity index (χ1n) is 5.15. The Morgan fingerprint density at radius 2 is 2.19 bits per heavy atom. The van der Waals surface area contributed by atoms with Gasteiger partial charge in [-0.25, -0.2) is 13.1 Å². The topological polar surface area (TPSA) is 76.0 Å². The minimum Gasteiger partial charge on any atom is -0.318 e. The summed E-state index contributed by atoms with van der Waals surface area (Å²) in [6.07, 6.45) is 2.89. The lowest BCUT2D eigenvalue weighted by Crippen LogP contribution is -2.30. The fourth-order valence-electron chi connectivity index (χ4n) is 1.21. The lowest BCUT2D eigenvalue weighted by Gasteiger charge is -2.06. The average molecular weight is 246 g/mol. The molecule has 0 aromatic carbocycles. The second-order valence-electron chi connectivity index (χ2n) is 3.82. The van der Waals surface area contributed by atoms with Gasteiger partial charge < -0.3 is 5.32 Å². The van der Waals surface area contributed by atoms with Gasteiger partial charge in [0.25, 0.3) is 0 Å². The fourth-order valence-corrected chi connectivity index (χ4v) is 2.41. The van der Waals surface area contributed by atoms with E-state index in [2.05, 4.69) is 15.1 Å². The molecule has 1 rings (SSSR count). The van der Waals surface area contributed by atoms with Crippen molar-refractivity contribution in [3.63, 3.8) is 0 Å². The summed E-state index contributed by atoms with van der Waals surface area (Å²) in [4.78, 5) is 0.206. The van der Waals surface area contributed by atoms with Crippen LogP contribution < -0.4 is 10.0 Å². The number of hydrogen-bond acceptors (Lipinski definition) is 4. The van der Waals surface area contributed by atoms with Gasteiger partial charge in [-0.15, -0.1) is 0 Å². The Bertz CT molecular complexity index is 424. The summed E-state index contributed by atoms with van der Waals surface area (Å²) in [7, 11) is -1.58. The second-order valence-corrected chi connectivity index (χ2v) is 5.53. The van der Waals surface area contributed by atoms with Crippen molar-refractivity contribution in [2.24, 2.45) is 0 Å². The molecule has 0 aliphatic carbocycles. The Morgan fingerprint density at radius 1 is 1.50 bits per heavy atom. The van der Waals surface area contributed by atoms with Crippen molar-refractivity contribution in [1.82, 2.24) is 19.8 Å². The number of nitrogens with zero attached hydrogens (tertiary/aromatic N) is 2. The standard InChI is InChI=1S/C9H18N4O2S/c1-8(2)12-16(14,15)9-6-11-13(7-9)5-4-10-3/h6-8,10,12H,4-5H2,1-3H3. The van der Waals surface area contributed by atoms with Crippen molar-refractivity contribution >= 4 is 10.0 Å². The molecule has 92 valence electrons. The van der Waals surface area contributed by atoms with E-state index in [9.17, 15) is 8.42 Å². The molecule has 0 unspecified atom stereocenters. The summed E-state index contributed by atoms with van der Waals surface area (Å²) >= 11 is 0.